The molecule has 2 atom stereocenters. The molecule has 2 nitrogen and oxygen atoms in total. The van der Waals surface area contributed by atoms with Gasteiger partial charge in [-0.2, -0.15) is 5.26 Å². The molecule has 1 rings (SSSR count). The van der Waals surface area contributed by atoms with Crippen molar-refractivity contribution in [3.05, 3.63) is 0 Å². The van der Waals surface area contributed by atoms with Gasteiger partial charge in [0.15, 0.2) is 0 Å². The van der Waals surface area contributed by atoms with Crippen molar-refractivity contribution in [3.8, 4) is 6.07 Å². The van der Waals surface area contributed by atoms with Gasteiger partial charge in [0.25, 0.3) is 0 Å². The quantitative estimate of drug-likeness (QED) is 0.516. The minimum atomic E-state index is 0.247. The second-order valence-electron chi connectivity index (χ2n) is 8.23. The Morgan fingerprint density at radius 3 is 2.45 bits per heavy atom. The van der Waals surface area contributed by atoms with E-state index in [0.717, 1.165) is 32.0 Å². The zero-order chi connectivity index (χ0) is 15.2. The summed E-state index contributed by atoms with van der Waals surface area (Å²) >= 11 is 0. The maximum absolute atomic E-state index is 8.75. The Morgan fingerprint density at radius 1 is 1.15 bits per heavy atom. The van der Waals surface area contributed by atoms with Crippen molar-refractivity contribution < 1.29 is 4.74 Å². The van der Waals surface area contributed by atoms with Crippen molar-refractivity contribution in [2.45, 2.75) is 73.1 Å². The van der Waals surface area contributed by atoms with Gasteiger partial charge in [0.2, 0.25) is 0 Å². The summed E-state index contributed by atoms with van der Waals surface area (Å²) in [5.41, 5.74) is 0.601. The Hall–Kier alpha value is -0.550. The van der Waals surface area contributed by atoms with E-state index in [-0.39, 0.29) is 5.41 Å². The third-order valence-corrected chi connectivity index (χ3v) is 4.33. The molecular formula is C18H33NO. The molecule has 2 heteroatoms. The fourth-order valence-corrected chi connectivity index (χ4v) is 3.65. The summed E-state index contributed by atoms with van der Waals surface area (Å²) in [4.78, 5) is 0. The molecule has 0 bridgehead atoms. The van der Waals surface area contributed by atoms with Gasteiger partial charge >= 0.3 is 0 Å². The number of hydrogen-bond donors (Lipinski definition) is 0. The summed E-state index contributed by atoms with van der Waals surface area (Å²) in [6, 6.07) is 2.31. The van der Waals surface area contributed by atoms with Crippen LogP contribution in [0.15, 0.2) is 0 Å². The lowest BCUT2D eigenvalue weighted by atomic mass is 9.72. The van der Waals surface area contributed by atoms with Crippen LogP contribution in [-0.4, -0.2) is 13.2 Å². The van der Waals surface area contributed by atoms with Gasteiger partial charge in [0, 0.05) is 13.0 Å². The number of nitrogens with zero attached hydrogens (tertiary/aromatic N) is 1. The lowest BCUT2D eigenvalue weighted by molar-refractivity contribution is 0.0324. The van der Waals surface area contributed by atoms with Crippen molar-refractivity contribution in [1.29, 1.82) is 5.26 Å². The van der Waals surface area contributed by atoms with E-state index in [9.17, 15) is 0 Å². The average Bonchev–Trinajstić information content (AvgIpc) is 3.00. The van der Waals surface area contributed by atoms with Crippen molar-refractivity contribution in [2.75, 3.05) is 13.2 Å². The molecule has 0 aliphatic heterocycles. The lowest BCUT2D eigenvalue weighted by Gasteiger charge is -2.35. The van der Waals surface area contributed by atoms with Crippen molar-refractivity contribution >= 4 is 0 Å². The maximum atomic E-state index is 8.75. The molecular weight excluding hydrogens is 246 g/mol. The fraction of sp³-hybridized carbons (Fsp3) is 0.944. The summed E-state index contributed by atoms with van der Waals surface area (Å²) in [6.45, 7) is 13.4. The van der Waals surface area contributed by atoms with Gasteiger partial charge in [-0.25, -0.2) is 0 Å². The van der Waals surface area contributed by atoms with Gasteiger partial charge in [-0.05, 0) is 48.3 Å². The van der Waals surface area contributed by atoms with Crippen molar-refractivity contribution in [2.24, 2.45) is 22.7 Å². The Kier molecular flexibility index (Phi) is 6.52. The summed E-state index contributed by atoms with van der Waals surface area (Å²) in [6.07, 6.45) is 6.85. The number of rotatable bonds is 10. The predicted octanol–water partition coefficient (Wildman–Crippen LogP) is 5.19. The highest BCUT2D eigenvalue weighted by molar-refractivity contribution is 4.95. The number of hydrogen-bond acceptors (Lipinski definition) is 2. The zero-order valence-electron chi connectivity index (χ0n) is 14.2. The summed E-state index contributed by atoms with van der Waals surface area (Å²) in [5, 5.41) is 8.75. The highest BCUT2D eigenvalue weighted by atomic mass is 16.5. The van der Waals surface area contributed by atoms with E-state index < -0.39 is 0 Å². The second kappa shape index (κ2) is 7.46. The molecule has 0 radical (unpaired) electrons. The number of unbranched alkanes of at least 4 members (excludes halogenated alkanes) is 1. The molecule has 0 saturated heterocycles. The third-order valence-electron chi connectivity index (χ3n) is 4.33. The second-order valence-corrected chi connectivity index (χ2v) is 8.23. The van der Waals surface area contributed by atoms with E-state index in [1.807, 2.05) is 0 Å². The van der Waals surface area contributed by atoms with Crippen LogP contribution >= 0.6 is 0 Å². The molecule has 116 valence electrons. The van der Waals surface area contributed by atoms with Crippen LogP contribution in [0.3, 0.4) is 0 Å². The lowest BCUT2D eigenvalue weighted by Crippen LogP contribution is -2.28. The van der Waals surface area contributed by atoms with Crippen molar-refractivity contribution in [3.63, 3.8) is 0 Å². The van der Waals surface area contributed by atoms with E-state index in [2.05, 4.69) is 40.7 Å². The molecule has 1 fully saturated rings. The van der Waals surface area contributed by atoms with E-state index >= 15 is 0 Å². The fourth-order valence-electron chi connectivity index (χ4n) is 3.65. The number of nitriles is 1. The summed E-state index contributed by atoms with van der Waals surface area (Å²) in [5.74, 6) is 1.48. The first-order valence-corrected chi connectivity index (χ1v) is 8.24. The molecule has 0 spiro atoms. The topological polar surface area (TPSA) is 33.0 Å². The Bertz CT molecular complexity index is 327. The molecule has 0 N–H and O–H groups in total. The predicted molar refractivity (Wildman–Crippen MR) is 84.4 cm³/mol. The van der Waals surface area contributed by atoms with E-state index in [1.165, 1.54) is 25.7 Å². The normalized spacial score (nSPS) is 22.6. The highest BCUT2D eigenvalue weighted by Crippen LogP contribution is 2.50. The number of ether oxygens (including phenoxy) is 1. The molecule has 0 heterocycles. The maximum Gasteiger partial charge on any atom is 0.0624 e. The van der Waals surface area contributed by atoms with E-state index in [0.29, 0.717) is 11.3 Å². The average molecular weight is 279 g/mol. The molecule has 2 unspecified atom stereocenters. The van der Waals surface area contributed by atoms with Gasteiger partial charge < -0.3 is 4.74 Å². The van der Waals surface area contributed by atoms with Crippen molar-refractivity contribution in [1.82, 2.24) is 0 Å². The molecule has 1 aliphatic rings. The molecule has 0 aromatic carbocycles. The zero-order valence-corrected chi connectivity index (χ0v) is 14.2. The van der Waals surface area contributed by atoms with Gasteiger partial charge in [-0.15, -0.1) is 0 Å². The highest BCUT2D eigenvalue weighted by Gasteiger charge is 2.41. The Balaban J connectivity index is 2.31. The van der Waals surface area contributed by atoms with Gasteiger partial charge in [0.1, 0.15) is 0 Å². The van der Waals surface area contributed by atoms with Crippen LogP contribution in [-0.2, 0) is 4.74 Å². The minimum Gasteiger partial charge on any atom is -0.381 e. The Morgan fingerprint density at radius 2 is 1.85 bits per heavy atom. The van der Waals surface area contributed by atoms with Crippen LogP contribution in [0.2, 0.25) is 0 Å². The first-order valence-electron chi connectivity index (χ1n) is 8.24. The van der Waals surface area contributed by atoms with Gasteiger partial charge in [-0.1, -0.05) is 41.0 Å². The monoisotopic (exact) mass is 279 g/mol. The van der Waals surface area contributed by atoms with Crippen LogP contribution in [0.1, 0.15) is 73.1 Å². The standard InChI is InChI=1S/C18H33NO/c1-6-7-10-20-14-18(4,5)13-17(2,3)12-16-11-15(16)8-9-19/h15-16H,6-8,10-14H2,1-5H3. The third kappa shape index (κ3) is 6.75. The smallest absolute Gasteiger partial charge is 0.0624 e. The Labute approximate surface area is 125 Å². The van der Waals surface area contributed by atoms with Gasteiger partial charge in [-0.3, -0.25) is 0 Å². The molecule has 20 heavy (non-hydrogen) atoms. The van der Waals surface area contributed by atoms with Gasteiger partial charge in [0.05, 0.1) is 12.7 Å². The molecule has 1 aliphatic carbocycles. The van der Waals surface area contributed by atoms with Crippen LogP contribution in [0, 0.1) is 34.0 Å². The summed E-state index contributed by atoms with van der Waals surface area (Å²) in [7, 11) is 0. The van der Waals surface area contributed by atoms with E-state index in [1.54, 1.807) is 0 Å². The SMILES string of the molecule is CCCCOCC(C)(C)CC(C)(C)CC1CC1CC#N. The molecule has 0 amide bonds. The molecule has 0 aromatic heterocycles. The van der Waals surface area contributed by atoms with Crippen LogP contribution in [0.5, 0.6) is 0 Å². The van der Waals surface area contributed by atoms with E-state index in [4.69, 9.17) is 10.00 Å². The molecule has 1 saturated carbocycles. The van der Waals surface area contributed by atoms with Crippen LogP contribution < -0.4 is 0 Å². The van der Waals surface area contributed by atoms with Crippen LogP contribution in [0.25, 0.3) is 0 Å². The first kappa shape index (κ1) is 17.5. The largest absolute Gasteiger partial charge is 0.381 e. The first-order chi connectivity index (χ1) is 9.29. The minimum absolute atomic E-state index is 0.247. The molecule has 0 aromatic rings. The summed E-state index contributed by atoms with van der Waals surface area (Å²) < 4.78 is 5.82. The van der Waals surface area contributed by atoms with Crippen LogP contribution in [0.4, 0.5) is 0 Å².